The summed E-state index contributed by atoms with van der Waals surface area (Å²) < 4.78 is 10.8. The van der Waals surface area contributed by atoms with Crippen molar-refractivity contribution < 1.29 is 9.47 Å². The van der Waals surface area contributed by atoms with Crippen molar-refractivity contribution in [3.8, 4) is 0 Å². The van der Waals surface area contributed by atoms with Gasteiger partial charge in [0.25, 0.3) is 0 Å². The summed E-state index contributed by atoms with van der Waals surface area (Å²) in [6.45, 7) is 6.81. The largest absolute Gasteiger partial charge is 0.378 e. The lowest BCUT2D eigenvalue weighted by Crippen LogP contribution is -2.36. The summed E-state index contributed by atoms with van der Waals surface area (Å²) in [6.07, 6.45) is 3.45. The van der Waals surface area contributed by atoms with Crippen LogP contribution in [0.4, 0.5) is 11.4 Å². The number of hydrazone groups is 2. The van der Waals surface area contributed by atoms with Gasteiger partial charge in [-0.05, 0) is 47.6 Å². The topological polar surface area (TPSA) is 73.7 Å². The minimum Gasteiger partial charge on any atom is -0.378 e. The molecule has 2 saturated heterocycles. The van der Waals surface area contributed by atoms with Crippen molar-refractivity contribution in [2.45, 2.75) is 0 Å². The SMILES string of the molecule is S=C(N/N=C\c1ccc(N2CCOCC2)cc1)N/N=C\c1ccc(N2CCOCC2)cc1. The highest BCUT2D eigenvalue weighted by molar-refractivity contribution is 7.80. The van der Waals surface area contributed by atoms with Crippen LogP contribution in [0.25, 0.3) is 0 Å². The van der Waals surface area contributed by atoms with Crippen LogP contribution in [0.1, 0.15) is 11.1 Å². The smallest absolute Gasteiger partial charge is 0.207 e. The van der Waals surface area contributed by atoms with Gasteiger partial charge in [0.05, 0.1) is 38.9 Å². The molecule has 2 aromatic carbocycles. The normalized spacial score (nSPS) is 17.1. The number of thiocarbonyl (C=S) groups is 1. The van der Waals surface area contributed by atoms with E-state index in [1.54, 1.807) is 12.4 Å². The Morgan fingerprint density at radius 3 is 1.44 bits per heavy atom. The number of anilines is 2. The highest BCUT2D eigenvalue weighted by Gasteiger charge is 2.11. The Labute approximate surface area is 193 Å². The minimum absolute atomic E-state index is 0.326. The molecule has 9 heteroatoms. The fourth-order valence-electron chi connectivity index (χ4n) is 3.54. The molecule has 0 aliphatic carbocycles. The number of nitrogens with one attached hydrogen (secondary N) is 2. The third-order valence-electron chi connectivity index (χ3n) is 5.30. The molecule has 0 amide bonds. The van der Waals surface area contributed by atoms with E-state index in [1.807, 2.05) is 24.3 Å². The van der Waals surface area contributed by atoms with Gasteiger partial charge in [-0.15, -0.1) is 0 Å². The van der Waals surface area contributed by atoms with E-state index in [2.05, 4.69) is 55.1 Å². The highest BCUT2D eigenvalue weighted by Crippen LogP contribution is 2.17. The number of hydrogen-bond donors (Lipinski definition) is 2. The van der Waals surface area contributed by atoms with Crippen LogP contribution in [0.3, 0.4) is 0 Å². The molecule has 2 aromatic rings. The quantitative estimate of drug-likeness (QED) is 0.395. The summed E-state index contributed by atoms with van der Waals surface area (Å²) >= 11 is 5.21. The van der Waals surface area contributed by atoms with Crippen molar-refractivity contribution in [3.63, 3.8) is 0 Å². The second kappa shape index (κ2) is 11.6. The molecule has 0 saturated carbocycles. The van der Waals surface area contributed by atoms with Gasteiger partial charge in [0.2, 0.25) is 5.11 Å². The number of morpholine rings is 2. The van der Waals surface area contributed by atoms with Crippen LogP contribution in [-0.2, 0) is 9.47 Å². The van der Waals surface area contributed by atoms with Crippen molar-refractivity contribution in [3.05, 3.63) is 59.7 Å². The lowest BCUT2D eigenvalue weighted by atomic mass is 10.2. The van der Waals surface area contributed by atoms with Gasteiger partial charge in [-0.1, -0.05) is 24.3 Å². The first-order valence-corrected chi connectivity index (χ1v) is 11.2. The molecule has 0 atom stereocenters. The number of benzene rings is 2. The highest BCUT2D eigenvalue weighted by atomic mass is 32.1. The minimum atomic E-state index is 0.326. The van der Waals surface area contributed by atoms with E-state index in [9.17, 15) is 0 Å². The molecule has 2 aliphatic rings. The molecule has 2 N–H and O–H groups in total. The summed E-state index contributed by atoms with van der Waals surface area (Å²) in [5, 5.41) is 8.67. The van der Waals surface area contributed by atoms with Gasteiger partial charge in [0.15, 0.2) is 0 Å². The molecule has 0 radical (unpaired) electrons. The molecule has 0 aromatic heterocycles. The molecule has 2 fully saturated rings. The Kier molecular flexibility index (Phi) is 8.02. The van der Waals surface area contributed by atoms with E-state index in [-0.39, 0.29) is 0 Å². The molecule has 0 unspecified atom stereocenters. The first kappa shape index (κ1) is 22.2. The molecule has 32 heavy (non-hydrogen) atoms. The molecule has 0 spiro atoms. The molecule has 2 heterocycles. The third kappa shape index (κ3) is 6.49. The fraction of sp³-hybridized carbons (Fsp3) is 0.348. The van der Waals surface area contributed by atoms with E-state index >= 15 is 0 Å². The maximum absolute atomic E-state index is 5.40. The zero-order chi connectivity index (χ0) is 22.0. The third-order valence-corrected chi connectivity index (χ3v) is 5.48. The van der Waals surface area contributed by atoms with E-state index in [0.29, 0.717) is 5.11 Å². The van der Waals surface area contributed by atoms with Crippen molar-refractivity contribution in [1.82, 2.24) is 10.9 Å². The van der Waals surface area contributed by atoms with Crippen molar-refractivity contribution in [2.75, 3.05) is 62.4 Å². The molecular formula is C23H28N6O2S. The van der Waals surface area contributed by atoms with Crippen molar-refractivity contribution >= 4 is 41.1 Å². The van der Waals surface area contributed by atoms with Crippen LogP contribution in [0.5, 0.6) is 0 Å². The van der Waals surface area contributed by atoms with Crippen molar-refractivity contribution in [2.24, 2.45) is 10.2 Å². The molecule has 2 aliphatic heterocycles. The first-order chi connectivity index (χ1) is 15.8. The second-order valence-electron chi connectivity index (χ2n) is 7.45. The van der Waals surface area contributed by atoms with Gasteiger partial charge in [-0.3, -0.25) is 10.9 Å². The fourth-order valence-corrected chi connectivity index (χ4v) is 3.65. The predicted molar refractivity (Wildman–Crippen MR) is 133 cm³/mol. The summed E-state index contributed by atoms with van der Waals surface area (Å²) in [4.78, 5) is 4.63. The van der Waals surface area contributed by atoms with Crippen LogP contribution in [0.15, 0.2) is 58.7 Å². The Hall–Kier alpha value is -3.01. The molecule has 8 nitrogen and oxygen atoms in total. The first-order valence-electron chi connectivity index (χ1n) is 10.8. The Morgan fingerprint density at radius 1 is 0.688 bits per heavy atom. The predicted octanol–water partition coefficient (Wildman–Crippen LogP) is 2.19. The maximum Gasteiger partial charge on any atom is 0.207 e. The van der Waals surface area contributed by atoms with Gasteiger partial charge < -0.3 is 19.3 Å². The molecule has 168 valence electrons. The van der Waals surface area contributed by atoms with Gasteiger partial charge in [0, 0.05) is 37.6 Å². The Bertz CT molecular complexity index is 845. The van der Waals surface area contributed by atoms with E-state index in [4.69, 9.17) is 21.7 Å². The van der Waals surface area contributed by atoms with E-state index < -0.39 is 0 Å². The lowest BCUT2D eigenvalue weighted by molar-refractivity contribution is 0.122. The number of nitrogens with zero attached hydrogens (tertiary/aromatic N) is 4. The van der Waals surface area contributed by atoms with Crippen LogP contribution in [-0.4, -0.2) is 70.1 Å². The van der Waals surface area contributed by atoms with Gasteiger partial charge in [0.1, 0.15) is 0 Å². The average Bonchev–Trinajstić information content (AvgIpc) is 2.86. The van der Waals surface area contributed by atoms with Crippen LogP contribution >= 0.6 is 12.2 Å². The monoisotopic (exact) mass is 452 g/mol. The zero-order valence-corrected chi connectivity index (χ0v) is 18.8. The maximum atomic E-state index is 5.40. The lowest BCUT2D eigenvalue weighted by Gasteiger charge is -2.28. The number of hydrogen-bond acceptors (Lipinski definition) is 7. The second-order valence-corrected chi connectivity index (χ2v) is 7.86. The van der Waals surface area contributed by atoms with E-state index in [0.717, 1.165) is 63.7 Å². The van der Waals surface area contributed by atoms with Crippen LogP contribution < -0.4 is 20.7 Å². The van der Waals surface area contributed by atoms with Crippen LogP contribution in [0.2, 0.25) is 0 Å². The van der Waals surface area contributed by atoms with E-state index in [1.165, 1.54) is 11.4 Å². The molecule has 0 bridgehead atoms. The Morgan fingerprint density at radius 2 is 1.06 bits per heavy atom. The Balaban J connectivity index is 1.20. The van der Waals surface area contributed by atoms with Gasteiger partial charge in [-0.2, -0.15) is 10.2 Å². The number of rotatable bonds is 6. The molecular weight excluding hydrogens is 424 g/mol. The van der Waals surface area contributed by atoms with Crippen LogP contribution in [0, 0.1) is 0 Å². The van der Waals surface area contributed by atoms with Crippen molar-refractivity contribution in [1.29, 1.82) is 0 Å². The summed E-state index contributed by atoms with van der Waals surface area (Å²) in [6, 6.07) is 16.5. The summed E-state index contributed by atoms with van der Waals surface area (Å²) in [7, 11) is 0. The van der Waals surface area contributed by atoms with Gasteiger partial charge >= 0.3 is 0 Å². The molecule has 4 rings (SSSR count). The summed E-state index contributed by atoms with van der Waals surface area (Å²) in [5.41, 5.74) is 9.92. The average molecular weight is 453 g/mol. The zero-order valence-electron chi connectivity index (χ0n) is 17.9. The summed E-state index contributed by atoms with van der Waals surface area (Å²) in [5.74, 6) is 0. The number of ether oxygens (including phenoxy) is 2. The standard InChI is InChI=1S/C23H28N6O2S/c32-23(26-24-17-19-1-5-21(6-2-19)28-9-13-30-14-10-28)27-25-18-20-3-7-22(8-4-20)29-11-15-31-16-12-29/h1-8,17-18H,9-16H2,(H2,26,27,32)/b24-17-,25-18-. The van der Waals surface area contributed by atoms with Gasteiger partial charge in [-0.25, -0.2) is 0 Å².